The number of amides is 1. The highest BCUT2D eigenvalue weighted by Gasteiger charge is 2.11. The molecule has 1 heterocycles. The van der Waals surface area contributed by atoms with Gasteiger partial charge in [-0.05, 0) is 60.5 Å². The molecule has 0 aliphatic carbocycles. The zero-order valence-electron chi connectivity index (χ0n) is 17.0. The fraction of sp³-hybridized carbons (Fsp3) is 0.0800. The van der Waals surface area contributed by atoms with Gasteiger partial charge in [0.2, 0.25) is 0 Å². The van der Waals surface area contributed by atoms with Gasteiger partial charge >= 0.3 is 0 Å². The van der Waals surface area contributed by atoms with Gasteiger partial charge in [0.25, 0.3) is 11.5 Å². The molecule has 0 atom stereocenters. The molecule has 0 bridgehead atoms. The number of carbonyl (C=O) groups excluding carboxylic acids is 1. The first-order valence-corrected chi connectivity index (χ1v) is 9.85. The molecule has 1 aromatic heterocycles. The van der Waals surface area contributed by atoms with Crippen LogP contribution in [-0.2, 0) is 6.54 Å². The number of rotatable bonds is 6. The summed E-state index contributed by atoms with van der Waals surface area (Å²) in [6.45, 7) is 2.30. The number of carbonyl (C=O) groups is 1. The van der Waals surface area contributed by atoms with Gasteiger partial charge < -0.3 is 10.1 Å². The van der Waals surface area contributed by atoms with Crippen molar-refractivity contribution < 1.29 is 9.53 Å². The molecule has 154 valence electrons. The zero-order valence-corrected chi connectivity index (χ0v) is 17.0. The van der Waals surface area contributed by atoms with E-state index in [4.69, 9.17) is 4.74 Å². The minimum Gasteiger partial charge on any atom is -0.457 e. The molecule has 1 amide bonds. The second-order valence-electron chi connectivity index (χ2n) is 7.10. The summed E-state index contributed by atoms with van der Waals surface area (Å²) < 4.78 is 7.11. The van der Waals surface area contributed by atoms with Gasteiger partial charge in [0.15, 0.2) is 0 Å². The summed E-state index contributed by atoms with van der Waals surface area (Å²) in [7, 11) is 0. The molecule has 0 spiro atoms. The van der Waals surface area contributed by atoms with E-state index in [9.17, 15) is 9.59 Å². The standard InChI is InChI=1S/C25H21N3O3/c1-18-6-5-9-22(16-18)31-21-12-10-20(11-13-21)26-25(30)23-14-15-24(29)28(27-23)17-19-7-3-2-4-8-19/h2-16H,17H2,1H3,(H,26,30). The number of nitrogens with zero attached hydrogens (tertiary/aromatic N) is 2. The molecule has 31 heavy (non-hydrogen) atoms. The van der Waals surface area contributed by atoms with Gasteiger partial charge in [-0.15, -0.1) is 0 Å². The highest BCUT2D eigenvalue weighted by Crippen LogP contribution is 2.23. The van der Waals surface area contributed by atoms with E-state index in [1.165, 1.54) is 16.8 Å². The van der Waals surface area contributed by atoms with Crippen LogP contribution in [0.15, 0.2) is 95.8 Å². The van der Waals surface area contributed by atoms with Crippen LogP contribution in [0.3, 0.4) is 0 Å². The number of ether oxygens (including phenoxy) is 1. The van der Waals surface area contributed by atoms with Gasteiger partial charge in [0, 0.05) is 11.8 Å². The molecule has 4 aromatic rings. The van der Waals surface area contributed by atoms with Crippen LogP contribution in [0.4, 0.5) is 5.69 Å². The van der Waals surface area contributed by atoms with Crippen molar-refractivity contribution in [3.8, 4) is 11.5 Å². The van der Waals surface area contributed by atoms with E-state index in [2.05, 4.69) is 10.4 Å². The first-order valence-electron chi connectivity index (χ1n) is 9.85. The first-order chi connectivity index (χ1) is 15.1. The summed E-state index contributed by atoms with van der Waals surface area (Å²) in [5, 5.41) is 7.01. The number of anilines is 1. The van der Waals surface area contributed by atoms with Gasteiger partial charge in [0.1, 0.15) is 17.2 Å². The normalized spacial score (nSPS) is 10.5. The highest BCUT2D eigenvalue weighted by molar-refractivity contribution is 6.02. The number of aryl methyl sites for hydroxylation is 1. The molecular weight excluding hydrogens is 390 g/mol. The van der Waals surface area contributed by atoms with Crippen LogP contribution >= 0.6 is 0 Å². The average Bonchev–Trinajstić information content (AvgIpc) is 2.77. The van der Waals surface area contributed by atoms with Crippen molar-refractivity contribution in [2.24, 2.45) is 0 Å². The molecule has 4 rings (SSSR count). The van der Waals surface area contributed by atoms with Crippen molar-refractivity contribution in [1.82, 2.24) is 9.78 Å². The van der Waals surface area contributed by atoms with Crippen molar-refractivity contribution in [3.63, 3.8) is 0 Å². The Morgan fingerprint density at radius 3 is 2.42 bits per heavy atom. The lowest BCUT2D eigenvalue weighted by Crippen LogP contribution is -2.26. The molecule has 0 radical (unpaired) electrons. The maximum absolute atomic E-state index is 12.6. The summed E-state index contributed by atoms with van der Waals surface area (Å²) in [5.74, 6) is 1.02. The van der Waals surface area contributed by atoms with E-state index in [0.29, 0.717) is 18.0 Å². The second-order valence-corrected chi connectivity index (χ2v) is 7.10. The van der Waals surface area contributed by atoms with Crippen LogP contribution in [0.25, 0.3) is 0 Å². The quantitative estimate of drug-likeness (QED) is 0.501. The van der Waals surface area contributed by atoms with E-state index in [1.54, 1.807) is 24.3 Å². The summed E-state index contributed by atoms with van der Waals surface area (Å²) in [6, 6.07) is 27.1. The lowest BCUT2D eigenvalue weighted by atomic mass is 10.2. The highest BCUT2D eigenvalue weighted by atomic mass is 16.5. The van der Waals surface area contributed by atoms with Gasteiger partial charge in [-0.2, -0.15) is 5.10 Å². The Labute approximate surface area is 179 Å². The third-order valence-corrected chi connectivity index (χ3v) is 4.61. The number of hydrogen-bond donors (Lipinski definition) is 1. The van der Waals surface area contributed by atoms with Crippen molar-refractivity contribution >= 4 is 11.6 Å². The first kappa shape index (κ1) is 20.1. The largest absolute Gasteiger partial charge is 0.457 e. The predicted octanol–water partition coefficient (Wildman–Crippen LogP) is 4.64. The molecule has 0 aliphatic rings. The third-order valence-electron chi connectivity index (χ3n) is 4.61. The van der Waals surface area contributed by atoms with Crippen LogP contribution in [0.2, 0.25) is 0 Å². The fourth-order valence-corrected chi connectivity index (χ4v) is 3.06. The summed E-state index contributed by atoms with van der Waals surface area (Å²) in [5.41, 5.74) is 2.54. The Kier molecular flexibility index (Phi) is 5.89. The Bertz CT molecular complexity index is 1250. The molecule has 0 saturated heterocycles. The van der Waals surface area contributed by atoms with Crippen molar-refractivity contribution in [2.75, 3.05) is 5.32 Å². The van der Waals surface area contributed by atoms with Gasteiger partial charge in [-0.3, -0.25) is 9.59 Å². The Hall–Kier alpha value is -4.19. The molecule has 6 heteroatoms. The lowest BCUT2D eigenvalue weighted by Gasteiger charge is -2.09. The zero-order chi connectivity index (χ0) is 21.6. The van der Waals surface area contributed by atoms with Crippen molar-refractivity contribution in [1.29, 1.82) is 0 Å². The van der Waals surface area contributed by atoms with Crippen LogP contribution in [-0.4, -0.2) is 15.7 Å². The van der Waals surface area contributed by atoms with Gasteiger partial charge in [0.05, 0.1) is 6.54 Å². The number of aromatic nitrogens is 2. The van der Waals surface area contributed by atoms with Gasteiger partial charge in [-0.25, -0.2) is 4.68 Å². The molecule has 0 saturated carbocycles. The SMILES string of the molecule is Cc1cccc(Oc2ccc(NC(=O)c3ccc(=O)n(Cc4ccccc4)n3)cc2)c1. The number of benzene rings is 3. The Balaban J connectivity index is 1.44. The van der Waals surface area contributed by atoms with E-state index >= 15 is 0 Å². The monoisotopic (exact) mass is 411 g/mol. The molecule has 0 unspecified atom stereocenters. The maximum atomic E-state index is 12.6. The molecule has 0 fully saturated rings. The van der Waals surface area contributed by atoms with E-state index in [-0.39, 0.29) is 11.3 Å². The smallest absolute Gasteiger partial charge is 0.276 e. The van der Waals surface area contributed by atoms with Crippen molar-refractivity contribution in [3.05, 3.63) is 118 Å². The Morgan fingerprint density at radius 2 is 1.68 bits per heavy atom. The molecular formula is C25H21N3O3. The molecule has 1 N–H and O–H groups in total. The topological polar surface area (TPSA) is 73.2 Å². The molecule has 3 aromatic carbocycles. The lowest BCUT2D eigenvalue weighted by molar-refractivity contribution is 0.102. The maximum Gasteiger partial charge on any atom is 0.276 e. The van der Waals surface area contributed by atoms with Gasteiger partial charge in [-0.1, -0.05) is 42.5 Å². The van der Waals surface area contributed by atoms with E-state index < -0.39 is 5.91 Å². The number of nitrogens with one attached hydrogen (secondary N) is 1. The predicted molar refractivity (Wildman–Crippen MR) is 120 cm³/mol. The molecule has 0 aliphatic heterocycles. The van der Waals surface area contributed by atoms with Crippen LogP contribution in [0.5, 0.6) is 11.5 Å². The summed E-state index contributed by atoms with van der Waals surface area (Å²) >= 11 is 0. The fourth-order valence-electron chi connectivity index (χ4n) is 3.06. The van der Waals surface area contributed by atoms with Crippen LogP contribution in [0.1, 0.15) is 21.6 Å². The minimum absolute atomic E-state index is 0.163. The van der Waals surface area contributed by atoms with E-state index in [1.807, 2.05) is 61.5 Å². The minimum atomic E-state index is -0.394. The third kappa shape index (κ3) is 5.25. The Morgan fingerprint density at radius 1 is 0.903 bits per heavy atom. The number of hydrogen-bond acceptors (Lipinski definition) is 4. The molecule has 6 nitrogen and oxygen atoms in total. The van der Waals surface area contributed by atoms with Crippen molar-refractivity contribution in [2.45, 2.75) is 13.5 Å². The summed E-state index contributed by atoms with van der Waals surface area (Å²) in [4.78, 5) is 24.7. The summed E-state index contributed by atoms with van der Waals surface area (Å²) in [6.07, 6.45) is 0. The van der Waals surface area contributed by atoms with Crippen LogP contribution < -0.4 is 15.6 Å². The van der Waals surface area contributed by atoms with E-state index in [0.717, 1.165) is 16.9 Å². The average molecular weight is 411 g/mol. The van der Waals surface area contributed by atoms with Crippen LogP contribution in [0, 0.1) is 6.92 Å². The second kappa shape index (κ2) is 9.09.